The van der Waals surface area contributed by atoms with Crippen LogP contribution in [0.4, 0.5) is 0 Å². The Morgan fingerprint density at radius 1 is 1.25 bits per heavy atom. The van der Waals surface area contributed by atoms with Crippen LogP contribution in [0.3, 0.4) is 0 Å². The molecule has 2 bridgehead atoms. The maximum atomic E-state index is 2.49. The molecule has 12 heavy (non-hydrogen) atoms. The summed E-state index contributed by atoms with van der Waals surface area (Å²) >= 11 is 0. The minimum absolute atomic E-state index is 0.706. The van der Waals surface area contributed by atoms with Crippen LogP contribution in [0.5, 0.6) is 0 Å². The van der Waals surface area contributed by atoms with Gasteiger partial charge in [-0.3, -0.25) is 0 Å². The lowest BCUT2D eigenvalue weighted by Gasteiger charge is -2.60. The van der Waals surface area contributed by atoms with E-state index in [1.165, 1.54) is 25.7 Å². The van der Waals surface area contributed by atoms with Crippen LogP contribution in [0.2, 0.25) is 0 Å². The molecule has 3 atom stereocenters. The topological polar surface area (TPSA) is 0 Å². The minimum atomic E-state index is 0.706. The highest BCUT2D eigenvalue weighted by molar-refractivity contribution is 5.02. The molecule has 3 saturated carbocycles. The molecule has 3 fully saturated rings. The minimum Gasteiger partial charge on any atom is -0.0654 e. The molecular formula is C12H22. The molecule has 0 saturated heterocycles. The normalized spacial score (nSPS) is 43.8. The summed E-state index contributed by atoms with van der Waals surface area (Å²) in [5, 5.41) is 0. The maximum Gasteiger partial charge on any atom is -0.0295 e. The van der Waals surface area contributed by atoms with Crippen LogP contribution in [0.25, 0.3) is 0 Å². The van der Waals surface area contributed by atoms with Crippen molar-refractivity contribution in [1.82, 2.24) is 0 Å². The van der Waals surface area contributed by atoms with Gasteiger partial charge in [-0.15, -0.1) is 0 Å². The van der Waals surface area contributed by atoms with E-state index in [1.54, 1.807) is 6.42 Å². The molecule has 0 heterocycles. The molecule has 0 heteroatoms. The average Bonchev–Trinajstić information content (AvgIpc) is 2.05. The molecular weight excluding hydrogens is 144 g/mol. The highest BCUT2D eigenvalue weighted by Gasteiger charge is 2.53. The fraction of sp³-hybridized carbons (Fsp3) is 1.00. The van der Waals surface area contributed by atoms with Crippen LogP contribution in [0.1, 0.15) is 52.9 Å². The maximum absolute atomic E-state index is 2.49. The number of hydrogen-bond acceptors (Lipinski definition) is 0. The number of hydrogen-bond donors (Lipinski definition) is 0. The zero-order chi connectivity index (χ0) is 8.77. The summed E-state index contributed by atoms with van der Waals surface area (Å²) < 4.78 is 0. The van der Waals surface area contributed by atoms with Crippen molar-refractivity contribution < 1.29 is 0 Å². The molecule has 0 radical (unpaired) electrons. The summed E-state index contributed by atoms with van der Waals surface area (Å²) in [7, 11) is 0. The van der Waals surface area contributed by atoms with E-state index in [9.17, 15) is 0 Å². The molecule has 0 aromatic heterocycles. The van der Waals surface area contributed by atoms with Gasteiger partial charge in [0, 0.05) is 0 Å². The summed E-state index contributed by atoms with van der Waals surface area (Å²) in [6.07, 6.45) is 7.49. The lowest BCUT2D eigenvalue weighted by Crippen LogP contribution is -2.52. The van der Waals surface area contributed by atoms with Gasteiger partial charge in [0.2, 0.25) is 0 Å². The predicted molar refractivity (Wildman–Crippen MR) is 53.0 cm³/mol. The summed E-state index contributed by atoms with van der Waals surface area (Å²) in [5.41, 5.74) is 0.706. The molecule has 70 valence electrons. The quantitative estimate of drug-likeness (QED) is 0.584. The Kier molecular flexibility index (Phi) is 1.97. The standard InChI is InChI=1S/C12H22/c1-4-5-9-6-7-10-8-11(9)12(10,2)3/h9-11H,4-8H2,1-3H3. The Morgan fingerprint density at radius 2 is 2.00 bits per heavy atom. The van der Waals surface area contributed by atoms with Gasteiger partial charge in [0.1, 0.15) is 0 Å². The van der Waals surface area contributed by atoms with Gasteiger partial charge >= 0.3 is 0 Å². The predicted octanol–water partition coefficient (Wildman–Crippen LogP) is 3.86. The van der Waals surface area contributed by atoms with E-state index >= 15 is 0 Å². The van der Waals surface area contributed by atoms with Gasteiger partial charge in [-0.2, -0.15) is 0 Å². The zero-order valence-corrected chi connectivity index (χ0v) is 8.77. The lowest BCUT2D eigenvalue weighted by molar-refractivity contribution is -0.106. The Labute approximate surface area is 76.7 Å². The van der Waals surface area contributed by atoms with E-state index in [-0.39, 0.29) is 0 Å². The number of rotatable bonds is 2. The van der Waals surface area contributed by atoms with Crippen LogP contribution in [-0.4, -0.2) is 0 Å². The highest BCUT2D eigenvalue weighted by atomic mass is 14.6. The Morgan fingerprint density at radius 3 is 2.50 bits per heavy atom. The van der Waals surface area contributed by atoms with Crippen molar-refractivity contribution in [3.63, 3.8) is 0 Å². The first-order chi connectivity index (χ1) is 5.66. The molecule has 0 aromatic rings. The van der Waals surface area contributed by atoms with E-state index < -0.39 is 0 Å². The summed E-state index contributed by atoms with van der Waals surface area (Å²) in [4.78, 5) is 0. The molecule has 0 amide bonds. The second kappa shape index (κ2) is 2.75. The van der Waals surface area contributed by atoms with Crippen molar-refractivity contribution in [2.75, 3.05) is 0 Å². The number of fused-ring (bicyclic) bond motifs is 2. The summed E-state index contributed by atoms with van der Waals surface area (Å²) in [6.45, 7) is 7.32. The first kappa shape index (κ1) is 8.59. The van der Waals surface area contributed by atoms with Crippen molar-refractivity contribution >= 4 is 0 Å². The lowest BCUT2D eigenvalue weighted by atomic mass is 9.45. The monoisotopic (exact) mass is 166 g/mol. The zero-order valence-electron chi connectivity index (χ0n) is 8.77. The molecule has 0 nitrogen and oxygen atoms in total. The molecule has 3 aliphatic rings. The van der Waals surface area contributed by atoms with Crippen LogP contribution >= 0.6 is 0 Å². The van der Waals surface area contributed by atoms with Gasteiger partial charge in [0.25, 0.3) is 0 Å². The van der Waals surface area contributed by atoms with Crippen molar-refractivity contribution in [3.05, 3.63) is 0 Å². The third-order valence-electron chi connectivity index (χ3n) is 4.66. The fourth-order valence-corrected chi connectivity index (χ4v) is 3.68. The summed E-state index contributed by atoms with van der Waals surface area (Å²) in [6, 6.07) is 0. The van der Waals surface area contributed by atoms with Crippen LogP contribution in [0, 0.1) is 23.2 Å². The van der Waals surface area contributed by atoms with E-state index in [0.717, 1.165) is 17.8 Å². The van der Waals surface area contributed by atoms with Crippen LogP contribution < -0.4 is 0 Å². The van der Waals surface area contributed by atoms with E-state index in [0.29, 0.717) is 5.41 Å². The van der Waals surface area contributed by atoms with E-state index in [1.807, 2.05) is 0 Å². The van der Waals surface area contributed by atoms with Crippen molar-refractivity contribution in [2.24, 2.45) is 23.2 Å². The van der Waals surface area contributed by atoms with Crippen molar-refractivity contribution in [2.45, 2.75) is 52.9 Å². The second-order valence-corrected chi connectivity index (χ2v) is 5.49. The third kappa shape index (κ3) is 1.03. The van der Waals surface area contributed by atoms with E-state index in [4.69, 9.17) is 0 Å². The largest absolute Gasteiger partial charge is 0.0654 e. The van der Waals surface area contributed by atoms with Gasteiger partial charge in [-0.05, 0) is 42.4 Å². The Bertz CT molecular complexity index is 165. The van der Waals surface area contributed by atoms with Gasteiger partial charge in [0.15, 0.2) is 0 Å². The molecule has 0 aromatic carbocycles. The van der Waals surface area contributed by atoms with E-state index in [2.05, 4.69) is 20.8 Å². The smallest absolute Gasteiger partial charge is 0.0295 e. The second-order valence-electron chi connectivity index (χ2n) is 5.49. The van der Waals surface area contributed by atoms with Crippen LogP contribution in [0.15, 0.2) is 0 Å². The van der Waals surface area contributed by atoms with Gasteiger partial charge in [0.05, 0.1) is 0 Å². The first-order valence-electron chi connectivity index (χ1n) is 5.66. The molecule has 3 aliphatic carbocycles. The molecule has 0 aliphatic heterocycles. The van der Waals surface area contributed by atoms with Crippen molar-refractivity contribution in [3.8, 4) is 0 Å². The molecule has 0 N–H and O–H groups in total. The van der Waals surface area contributed by atoms with Crippen LogP contribution in [-0.2, 0) is 0 Å². The van der Waals surface area contributed by atoms with Gasteiger partial charge in [-0.1, -0.05) is 33.6 Å². The van der Waals surface area contributed by atoms with Gasteiger partial charge in [-0.25, -0.2) is 0 Å². The van der Waals surface area contributed by atoms with Crippen molar-refractivity contribution in [1.29, 1.82) is 0 Å². The summed E-state index contributed by atoms with van der Waals surface area (Å²) in [5.74, 6) is 3.24. The average molecular weight is 166 g/mol. The Hall–Kier alpha value is 0. The highest BCUT2D eigenvalue weighted by Crippen LogP contribution is 2.62. The fourth-order valence-electron chi connectivity index (χ4n) is 3.68. The molecule has 3 rings (SSSR count). The third-order valence-corrected chi connectivity index (χ3v) is 4.66. The van der Waals surface area contributed by atoms with Gasteiger partial charge < -0.3 is 0 Å². The first-order valence-corrected chi connectivity index (χ1v) is 5.66. The molecule has 3 unspecified atom stereocenters. The molecule has 0 spiro atoms. The SMILES string of the molecule is CCCC1CCC2CC1C2(C)C. The Balaban J connectivity index is 2.01.